The van der Waals surface area contributed by atoms with E-state index in [9.17, 15) is 0 Å². The summed E-state index contributed by atoms with van der Waals surface area (Å²) >= 11 is 0. The SMILES string of the molecule is COCCCCCOc1ccc([B]c2ccccc2)cc1. The highest BCUT2D eigenvalue weighted by Gasteiger charge is 1.99. The summed E-state index contributed by atoms with van der Waals surface area (Å²) in [5.41, 5.74) is 2.40. The fourth-order valence-electron chi connectivity index (χ4n) is 2.12. The van der Waals surface area contributed by atoms with Crippen molar-refractivity contribution >= 4 is 18.2 Å². The highest BCUT2D eigenvalue weighted by atomic mass is 16.5. The van der Waals surface area contributed by atoms with Crippen molar-refractivity contribution in [3.63, 3.8) is 0 Å². The third-order valence-corrected chi connectivity index (χ3v) is 3.27. The van der Waals surface area contributed by atoms with Gasteiger partial charge in [0.2, 0.25) is 0 Å². The molecule has 21 heavy (non-hydrogen) atoms. The van der Waals surface area contributed by atoms with E-state index in [1.165, 1.54) is 10.9 Å². The Morgan fingerprint density at radius 1 is 0.762 bits per heavy atom. The van der Waals surface area contributed by atoms with Gasteiger partial charge in [-0.2, -0.15) is 0 Å². The zero-order valence-electron chi connectivity index (χ0n) is 12.6. The molecule has 0 heterocycles. The van der Waals surface area contributed by atoms with E-state index in [4.69, 9.17) is 9.47 Å². The van der Waals surface area contributed by atoms with Crippen LogP contribution in [-0.4, -0.2) is 27.6 Å². The minimum Gasteiger partial charge on any atom is -0.494 e. The number of benzene rings is 2. The van der Waals surface area contributed by atoms with Gasteiger partial charge in [0, 0.05) is 13.7 Å². The first kappa shape index (κ1) is 15.6. The van der Waals surface area contributed by atoms with Crippen molar-refractivity contribution in [2.24, 2.45) is 0 Å². The van der Waals surface area contributed by atoms with Gasteiger partial charge in [0.15, 0.2) is 7.28 Å². The van der Waals surface area contributed by atoms with Crippen molar-refractivity contribution in [1.29, 1.82) is 0 Å². The summed E-state index contributed by atoms with van der Waals surface area (Å²) in [6.45, 7) is 1.61. The standard InChI is InChI=1S/C18H22BO2/c1-20-14-6-3-7-15-21-18-12-10-17(11-13-18)19-16-8-4-2-5-9-16/h2,4-5,8-13H,3,6-7,14-15H2,1H3. The van der Waals surface area contributed by atoms with E-state index in [1.807, 2.05) is 30.3 Å². The van der Waals surface area contributed by atoms with Gasteiger partial charge in [-0.1, -0.05) is 53.4 Å². The lowest BCUT2D eigenvalue weighted by atomic mass is 9.64. The molecule has 0 aliphatic carbocycles. The molecule has 0 N–H and O–H groups in total. The van der Waals surface area contributed by atoms with Gasteiger partial charge in [-0.3, -0.25) is 0 Å². The second kappa shape index (κ2) is 9.25. The number of hydrogen-bond acceptors (Lipinski definition) is 2. The van der Waals surface area contributed by atoms with Crippen LogP contribution >= 0.6 is 0 Å². The van der Waals surface area contributed by atoms with Gasteiger partial charge in [-0.25, -0.2) is 0 Å². The number of unbranched alkanes of at least 4 members (excludes halogenated alkanes) is 2. The first-order valence-electron chi connectivity index (χ1n) is 7.50. The number of hydrogen-bond donors (Lipinski definition) is 0. The average molecular weight is 281 g/mol. The van der Waals surface area contributed by atoms with E-state index >= 15 is 0 Å². The topological polar surface area (TPSA) is 18.5 Å². The first-order chi connectivity index (χ1) is 10.4. The minimum atomic E-state index is 0.769. The predicted octanol–water partition coefficient (Wildman–Crippen LogP) is 2.54. The van der Waals surface area contributed by atoms with E-state index in [1.54, 1.807) is 7.11 Å². The smallest absolute Gasteiger partial charge is 0.191 e. The van der Waals surface area contributed by atoms with Gasteiger partial charge in [-0.05, 0) is 31.4 Å². The molecule has 0 aliphatic heterocycles. The summed E-state index contributed by atoms with van der Waals surface area (Å²) in [6.07, 6.45) is 3.32. The molecule has 2 aromatic rings. The van der Waals surface area contributed by atoms with Gasteiger partial charge < -0.3 is 9.47 Å². The summed E-state index contributed by atoms with van der Waals surface area (Å²) in [5.74, 6) is 0.937. The van der Waals surface area contributed by atoms with Crippen molar-refractivity contribution in [2.75, 3.05) is 20.3 Å². The highest BCUT2D eigenvalue weighted by molar-refractivity contribution is 6.67. The molecule has 109 valence electrons. The molecular formula is C18H22BO2. The maximum absolute atomic E-state index is 5.74. The van der Waals surface area contributed by atoms with E-state index in [2.05, 4.69) is 31.5 Å². The Morgan fingerprint density at radius 3 is 2.14 bits per heavy atom. The zero-order valence-corrected chi connectivity index (χ0v) is 12.6. The van der Waals surface area contributed by atoms with E-state index in [0.717, 1.165) is 38.2 Å². The zero-order chi connectivity index (χ0) is 14.8. The predicted molar refractivity (Wildman–Crippen MR) is 89.1 cm³/mol. The second-order valence-corrected chi connectivity index (χ2v) is 5.03. The lowest BCUT2D eigenvalue weighted by Crippen LogP contribution is -2.26. The molecule has 2 nitrogen and oxygen atoms in total. The molecular weight excluding hydrogens is 259 g/mol. The van der Waals surface area contributed by atoms with Crippen LogP contribution in [0.5, 0.6) is 5.75 Å². The molecule has 1 radical (unpaired) electrons. The van der Waals surface area contributed by atoms with E-state index in [-0.39, 0.29) is 0 Å². The number of methoxy groups -OCH3 is 1. The Bertz CT molecular complexity index is 496. The first-order valence-corrected chi connectivity index (χ1v) is 7.50. The van der Waals surface area contributed by atoms with Gasteiger partial charge in [0.1, 0.15) is 5.75 Å². The maximum atomic E-state index is 5.74. The van der Waals surface area contributed by atoms with Gasteiger partial charge in [0.25, 0.3) is 0 Å². The normalized spacial score (nSPS) is 10.3. The largest absolute Gasteiger partial charge is 0.494 e. The lowest BCUT2D eigenvalue weighted by molar-refractivity contribution is 0.189. The molecule has 0 aliphatic rings. The molecule has 0 fully saturated rings. The fraction of sp³-hybridized carbons (Fsp3) is 0.333. The molecule has 0 aromatic heterocycles. The Labute approximate surface area is 128 Å². The van der Waals surface area contributed by atoms with Gasteiger partial charge in [-0.15, -0.1) is 0 Å². The van der Waals surface area contributed by atoms with Crippen molar-refractivity contribution in [3.05, 3.63) is 54.6 Å². The monoisotopic (exact) mass is 281 g/mol. The highest BCUT2D eigenvalue weighted by Crippen LogP contribution is 2.08. The second-order valence-electron chi connectivity index (χ2n) is 5.03. The molecule has 0 bridgehead atoms. The van der Waals surface area contributed by atoms with Crippen LogP contribution in [0, 0.1) is 0 Å². The lowest BCUT2D eigenvalue weighted by Gasteiger charge is -2.07. The van der Waals surface area contributed by atoms with Gasteiger partial charge >= 0.3 is 0 Å². The van der Waals surface area contributed by atoms with Crippen LogP contribution in [0.15, 0.2) is 54.6 Å². The minimum absolute atomic E-state index is 0.769. The summed E-state index contributed by atoms with van der Waals surface area (Å²) < 4.78 is 10.8. The molecule has 0 spiro atoms. The summed E-state index contributed by atoms with van der Waals surface area (Å²) in [7, 11) is 3.90. The number of rotatable bonds is 9. The van der Waals surface area contributed by atoms with E-state index in [0.29, 0.717) is 0 Å². The Hall–Kier alpha value is -1.74. The van der Waals surface area contributed by atoms with Crippen molar-refractivity contribution in [1.82, 2.24) is 0 Å². The Balaban J connectivity index is 1.72. The number of ether oxygens (including phenoxy) is 2. The Kier molecular flexibility index (Phi) is 6.89. The molecule has 0 saturated heterocycles. The average Bonchev–Trinajstić information content (AvgIpc) is 2.53. The molecule has 2 rings (SSSR count). The van der Waals surface area contributed by atoms with Crippen LogP contribution in [0.25, 0.3) is 0 Å². The van der Waals surface area contributed by atoms with Crippen molar-refractivity contribution < 1.29 is 9.47 Å². The molecule has 0 amide bonds. The molecule has 3 heteroatoms. The van der Waals surface area contributed by atoms with Crippen LogP contribution in [0.2, 0.25) is 0 Å². The van der Waals surface area contributed by atoms with Crippen LogP contribution in [-0.2, 0) is 4.74 Å². The Morgan fingerprint density at radius 2 is 1.43 bits per heavy atom. The van der Waals surface area contributed by atoms with Crippen LogP contribution in [0.1, 0.15) is 19.3 Å². The van der Waals surface area contributed by atoms with Crippen molar-refractivity contribution in [3.8, 4) is 5.75 Å². The third kappa shape index (κ3) is 6.05. The van der Waals surface area contributed by atoms with Crippen LogP contribution in [0.4, 0.5) is 0 Å². The van der Waals surface area contributed by atoms with E-state index < -0.39 is 0 Å². The van der Waals surface area contributed by atoms with Crippen LogP contribution < -0.4 is 15.7 Å². The summed E-state index contributed by atoms with van der Waals surface area (Å²) in [4.78, 5) is 0. The summed E-state index contributed by atoms with van der Waals surface area (Å²) in [6, 6.07) is 18.6. The van der Waals surface area contributed by atoms with Gasteiger partial charge in [0.05, 0.1) is 6.61 Å². The maximum Gasteiger partial charge on any atom is 0.191 e. The quantitative estimate of drug-likeness (QED) is 0.519. The van der Waals surface area contributed by atoms with Crippen molar-refractivity contribution in [2.45, 2.75) is 19.3 Å². The molecule has 0 atom stereocenters. The molecule has 0 unspecified atom stereocenters. The summed E-state index contributed by atoms with van der Waals surface area (Å²) in [5, 5.41) is 0. The van der Waals surface area contributed by atoms with Crippen LogP contribution in [0.3, 0.4) is 0 Å². The fourth-order valence-corrected chi connectivity index (χ4v) is 2.12. The third-order valence-electron chi connectivity index (χ3n) is 3.27. The molecule has 2 aromatic carbocycles. The molecule has 0 saturated carbocycles.